The first kappa shape index (κ1) is 29.7. The number of hydrogen-bond donors (Lipinski definition) is 2. The van der Waals surface area contributed by atoms with Gasteiger partial charge in [-0.05, 0) is 97.1 Å². The van der Waals surface area contributed by atoms with E-state index in [1.54, 1.807) is 25.4 Å². The molecule has 3 aromatic carbocycles. The zero-order chi connectivity index (χ0) is 31.8. The number of rotatable bonds is 8. The molecule has 0 atom stereocenters. The second kappa shape index (κ2) is 12.1. The van der Waals surface area contributed by atoms with Gasteiger partial charge in [-0.15, -0.1) is 0 Å². The highest BCUT2D eigenvalue weighted by atomic mass is 19.1. The van der Waals surface area contributed by atoms with Crippen molar-refractivity contribution in [2.75, 3.05) is 20.3 Å². The van der Waals surface area contributed by atoms with Gasteiger partial charge in [0.15, 0.2) is 0 Å². The summed E-state index contributed by atoms with van der Waals surface area (Å²) in [5, 5.41) is 6.58. The van der Waals surface area contributed by atoms with Crippen LogP contribution in [0.1, 0.15) is 57.7 Å². The Bertz CT molecular complexity index is 1930. The third-order valence-corrected chi connectivity index (χ3v) is 8.85. The van der Waals surface area contributed by atoms with E-state index in [0.29, 0.717) is 52.4 Å². The molecule has 1 saturated heterocycles. The van der Waals surface area contributed by atoms with Crippen molar-refractivity contribution in [3.8, 4) is 28.2 Å². The van der Waals surface area contributed by atoms with Gasteiger partial charge in [0.25, 0.3) is 11.8 Å². The molecule has 2 aromatic heterocycles. The standard InChI is InChI=1S/C37H34FN3O5/c1-22-19-31(45-26-12-17-44-18-13-26)29(35(42)41-37(14-15-37)32-5-3-4-16-40-32)21-27(22)24-8-11-30-28(20-24)33(36(43)39-2)34(46-30)23-6-9-25(38)10-7-23/h3-11,16,19-21,26H,12-15,17-18H2,1-2H3,(H,39,43)(H,41,42). The minimum atomic E-state index is -0.506. The zero-order valence-electron chi connectivity index (χ0n) is 25.7. The van der Waals surface area contributed by atoms with Crippen molar-refractivity contribution in [3.05, 3.63) is 107 Å². The molecule has 2 aliphatic rings. The van der Waals surface area contributed by atoms with Gasteiger partial charge in [0.05, 0.1) is 35.6 Å². The van der Waals surface area contributed by atoms with Crippen molar-refractivity contribution in [2.24, 2.45) is 0 Å². The average molecular weight is 620 g/mol. The molecule has 1 aliphatic heterocycles. The fourth-order valence-corrected chi connectivity index (χ4v) is 6.16. The molecule has 2 fully saturated rings. The Morgan fingerprint density at radius 3 is 2.41 bits per heavy atom. The highest BCUT2D eigenvalue weighted by molar-refractivity contribution is 6.12. The minimum absolute atomic E-state index is 0.0569. The Labute approximate surface area is 265 Å². The molecule has 0 spiro atoms. The molecule has 9 heteroatoms. The fraction of sp³-hybridized carbons (Fsp3) is 0.270. The molecule has 0 bridgehead atoms. The molecule has 2 amide bonds. The molecule has 2 N–H and O–H groups in total. The lowest BCUT2D eigenvalue weighted by Gasteiger charge is -2.26. The maximum absolute atomic E-state index is 14.1. The van der Waals surface area contributed by atoms with Crippen LogP contribution >= 0.6 is 0 Å². The Kier molecular flexibility index (Phi) is 7.78. The number of nitrogens with zero attached hydrogens (tertiary/aromatic N) is 1. The molecule has 0 radical (unpaired) electrons. The summed E-state index contributed by atoms with van der Waals surface area (Å²) in [6, 6.07) is 21.0. The van der Waals surface area contributed by atoms with Crippen LogP contribution in [-0.2, 0) is 10.3 Å². The molecule has 8 nitrogen and oxygen atoms in total. The fourth-order valence-electron chi connectivity index (χ4n) is 6.16. The molecule has 1 aliphatic carbocycles. The number of furan rings is 1. The first-order valence-corrected chi connectivity index (χ1v) is 15.5. The largest absolute Gasteiger partial charge is 0.489 e. The van der Waals surface area contributed by atoms with Crippen molar-refractivity contribution in [1.82, 2.24) is 15.6 Å². The molecule has 0 unspecified atom stereocenters. The summed E-state index contributed by atoms with van der Waals surface area (Å²) in [4.78, 5) is 31.8. The van der Waals surface area contributed by atoms with Crippen molar-refractivity contribution >= 4 is 22.8 Å². The van der Waals surface area contributed by atoms with Crippen molar-refractivity contribution in [2.45, 2.75) is 44.2 Å². The number of aryl methyl sites for hydroxylation is 1. The lowest BCUT2D eigenvalue weighted by atomic mass is 9.94. The van der Waals surface area contributed by atoms with Gasteiger partial charge in [0.1, 0.15) is 29.0 Å². The Hall–Kier alpha value is -5.02. The quantitative estimate of drug-likeness (QED) is 0.195. The number of ether oxygens (including phenoxy) is 2. The smallest absolute Gasteiger partial charge is 0.255 e. The monoisotopic (exact) mass is 619 g/mol. The summed E-state index contributed by atoms with van der Waals surface area (Å²) < 4.78 is 31.8. The second-order valence-corrected chi connectivity index (χ2v) is 11.9. The van der Waals surface area contributed by atoms with Crippen molar-refractivity contribution < 1.29 is 27.9 Å². The number of pyridine rings is 1. The van der Waals surface area contributed by atoms with Crippen LogP contribution in [-0.4, -0.2) is 43.2 Å². The van der Waals surface area contributed by atoms with Crippen LogP contribution < -0.4 is 15.4 Å². The van der Waals surface area contributed by atoms with Gasteiger partial charge >= 0.3 is 0 Å². The molecule has 234 valence electrons. The van der Waals surface area contributed by atoms with Crippen LogP contribution in [0, 0.1) is 12.7 Å². The summed E-state index contributed by atoms with van der Waals surface area (Å²) in [6.45, 7) is 3.21. The SMILES string of the molecule is CNC(=O)c1c(-c2ccc(F)cc2)oc2ccc(-c3cc(C(=O)NC4(c5ccccn5)CC4)c(OC4CCOCC4)cc3C)cc12. The van der Waals surface area contributed by atoms with Gasteiger partial charge in [-0.1, -0.05) is 12.1 Å². The zero-order valence-corrected chi connectivity index (χ0v) is 25.7. The number of benzene rings is 3. The van der Waals surface area contributed by atoms with E-state index in [2.05, 4.69) is 15.6 Å². The van der Waals surface area contributed by atoms with Gasteiger partial charge < -0.3 is 24.5 Å². The average Bonchev–Trinajstić information content (AvgIpc) is 3.76. The van der Waals surface area contributed by atoms with E-state index in [9.17, 15) is 14.0 Å². The Morgan fingerprint density at radius 2 is 1.72 bits per heavy atom. The lowest BCUT2D eigenvalue weighted by Crippen LogP contribution is -2.36. The predicted octanol–water partition coefficient (Wildman–Crippen LogP) is 6.95. The van der Waals surface area contributed by atoms with Gasteiger partial charge in [-0.2, -0.15) is 0 Å². The lowest BCUT2D eigenvalue weighted by molar-refractivity contribution is 0.0252. The maximum atomic E-state index is 14.1. The second-order valence-electron chi connectivity index (χ2n) is 11.9. The molecular formula is C37H34FN3O5. The molecular weight excluding hydrogens is 585 g/mol. The van der Waals surface area contributed by atoms with Crippen LogP contribution in [0.25, 0.3) is 33.4 Å². The first-order valence-electron chi connectivity index (χ1n) is 15.5. The molecule has 5 aromatic rings. The number of halogens is 1. The van der Waals surface area contributed by atoms with Gasteiger partial charge in [0.2, 0.25) is 0 Å². The molecule has 1 saturated carbocycles. The summed E-state index contributed by atoms with van der Waals surface area (Å²) >= 11 is 0. The van der Waals surface area contributed by atoms with Crippen LogP contribution in [0.15, 0.2) is 83.4 Å². The summed E-state index contributed by atoms with van der Waals surface area (Å²) in [6.07, 6.45) is 4.79. The number of amides is 2. The Morgan fingerprint density at radius 1 is 0.957 bits per heavy atom. The van der Waals surface area contributed by atoms with E-state index in [4.69, 9.17) is 13.9 Å². The molecule has 7 rings (SSSR count). The predicted molar refractivity (Wildman–Crippen MR) is 172 cm³/mol. The maximum Gasteiger partial charge on any atom is 0.255 e. The van der Waals surface area contributed by atoms with Crippen molar-refractivity contribution in [3.63, 3.8) is 0 Å². The van der Waals surface area contributed by atoms with E-state index in [0.717, 1.165) is 48.1 Å². The Balaban J connectivity index is 1.31. The third-order valence-electron chi connectivity index (χ3n) is 8.85. The first-order chi connectivity index (χ1) is 22.3. The number of hydrogen-bond acceptors (Lipinski definition) is 6. The van der Waals surface area contributed by atoms with E-state index in [-0.39, 0.29) is 23.7 Å². The minimum Gasteiger partial charge on any atom is -0.489 e. The van der Waals surface area contributed by atoms with Crippen molar-refractivity contribution in [1.29, 1.82) is 0 Å². The normalized spacial score (nSPS) is 15.8. The highest BCUT2D eigenvalue weighted by Gasteiger charge is 2.47. The van der Waals surface area contributed by atoms with Gasteiger partial charge in [-0.25, -0.2) is 4.39 Å². The summed E-state index contributed by atoms with van der Waals surface area (Å²) in [7, 11) is 1.56. The number of aromatic nitrogens is 1. The van der Waals surface area contributed by atoms with E-state index in [1.165, 1.54) is 12.1 Å². The number of nitrogens with one attached hydrogen (secondary N) is 2. The van der Waals surface area contributed by atoms with E-state index < -0.39 is 5.54 Å². The van der Waals surface area contributed by atoms with E-state index in [1.807, 2.05) is 55.5 Å². The topological polar surface area (TPSA) is 103 Å². The third kappa shape index (κ3) is 5.63. The summed E-state index contributed by atoms with van der Waals surface area (Å²) in [5.41, 5.74) is 4.76. The van der Waals surface area contributed by atoms with Crippen LogP contribution in [0.5, 0.6) is 5.75 Å². The number of carbonyl (C=O) groups excluding carboxylic acids is 2. The number of carbonyl (C=O) groups is 2. The highest BCUT2D eigenvalue weighted by Crippen LogP contribution is 2.45. The molecule has 3 heterocycles. The van der Waals surface area contributed by atoms with Crippen LogP contribution in [0.3, 0.4) is 0 Å². The van der Waals surface area contributed by atoms with E-state index >= 15 is 0 Å². The summed E-state index contributed by atoms with van der Waals surface area (Å²) in [5.74, 6) is -0.0583. The molecule has 46 heavy (non-hydrogen) atoms. The van der Waals surface area contributed by atoms with Crippen LogP contribution in [0.2, 0.25) is 0 Å². The van der Waals surface area contributed by atoms with Gasteiger partial charge in [-0.3, -0.25) is 14.6 Å². The van der Waals surface area contributed by atoms with Crippen LogP contribution in [0.4, 0.5) is 4.39 Å². The number of fused-ring (bicyclic) bond motifs is 1. The van der Waals surface area contributed by atoms with Gasteiger partial charge in [0, 0.05) is 37.0 Å².